The zero-order valence-electron chi connectivity index (χ0n) is 13.4. The molecule has 0 spiro atoms. The average molecular weight is 276 g/mol. The summed E-state index contributed by atoms with van der Waals surface area (Å²) in [7, 11) is 0. The monoisotopic (exact) mass is 276 g/mol. The summed E-state index contributed by atoms with van der Waals surface area (Å²) in [6.45, 7) is 8.52. The summed E-state index contributed by atoms with van der Waals surface area (Å²) < 4.78 is 2.20. The minimum atomic E-state index is 0.258. The standard InChI is InChI=1S/C17H28N2O/c1-5-14-17(16(20)7-3)15(6-2)19(18-14)13-10-8-12(4)9-11-13/h12-13H,5-11H2,1-4H3. The first kappa shape index (κ1) is 15.3. The molecule has 20 heavy (non-hydrogen) atoms. The predicted octanol–water partition coefficient (Wildman–Crippen LogP) is 4.35. The van der Waals surface area contributed by atoms with Gasteiger partial charge in [-0.05, 0) is 44.4 Å². The Morgan fingerprint density at radius 3 is 2.30 bits per heavy atom. The highest BCUT2D eigenvalue weighted by Gasteiger charge is 2.26. The molecule has 0 atom stereocenters. The van der Waals surface area contributed by atoms with E-state index in [9.17, 15) is 4.79 Å². The van der Waals surface area contributed by atoms with Crippen LogP contribution in [-0.2, 0) is 12.8 Å². The quantitative estimate of drug-likeness (QED) is 0.749. The molecule has 0 saturated heterocycles. The third-order valence-corrected chi connectivity index (χ3v) is 4.68. The van der Waals surface area contributed by atoms with E-state index in [0.717, 1.165) is 30.0 Å². The number of aryl methyl sites for hydroxylation is 1. The van der Waals surface area contributed by atoms with Crippen LogP contribution in [0.5, 0.6) is 0 Å². The van der Waals surface area contributed by atoms with E-state index >= 15 is 0 Å². The molecular weight excluding hydrogens is 248 g/mol. The molecule has 1 aromatic rings. The molecule has 0 N–H and O–H groups in total. The highest BCUT2D eigenvalue weighted by molar-refractivity contribution is 5.98. The molecule has 1 saturated carbocycles. The van der Waals surface area contributed by atoms with Crippen molar-refractivity contribution in [2.75, 3.05) is 0 Å². The molecule has 2 rings (SSSR count). The van der Waals surface area contributed by atoms with Gasteiger partial charge in [0.1, 0.15) is 0 Å². The molecule has 0 aliphatic heterocycles. The summed E-state index contributed by atoms with van der Waals surface area (Å²) in [5, 5.41) is 4.81. The van der Waals surface area contributed by atoms with Gasteiger partial charge in [0.2, 0.25) is 0 Å². The first-order valence-corrected chi connectivity index (χ1v) is 8.25. The van der Waals surface area contributed by atoms with Gasteiger partial charge in [-0.25, -0.2) is 0 Å². The minimum Gasteiger partial charge on any atom is -0.294 e. The minimum absolute atomic E-state index is 0.258. The van der Waals surface area contributed by atoms with Crippen molar-refractivity contribution < 1.29 is 4.79 Å². The smallest absolute Gasteiger partial charge is 0.166 e. The molecular formula is C17H28N2O. The summed E-state index contributed by atoms with van der Waals surface area (Å²) in [5.41, 5.74) is 3.11. The van der Waals surface area contributed by atoms with Crippen LogP contribution < -0.4 is 0 Å². The fraction of sp³-hybridized carbons (Fsp3) is 0.765. The third-order valence-electron chi connectivity index (χ3n) is 4.68. The van der Waals surface area contributed by atoms with Gasteiger partial charge in [-0.2, -0.15) is 5.10 Å². The number of nitrogens with zero attached hydrogens (tertiary/aromatic N) is 2. The lowest BCUT2D eigenvalue weighted by Crippen LogP contribution is -2.20. The molecule has 0 amide bonds. The first-order valence-electron chi connectivity index (χ1n) is 8.25. The van der Waals surface area contributed by atoms with Crippen molar-refractivity contribution in [2.45, 2.75) is 78.7 Å². The van der Waals surface area contributed by atoms with E-state index < -0.39 is 0 Å². The van der Waals surface area contributed by atoms with Crippen molar-refractivity contribution in [3.8, 4) is 0 Å². The second kappa shape index (κ2) is 6.55. The molecule has 0 radical (unpaired) electrons. The van der Waals surface area contributed by atoms with Crippen molar-refractivity contribution in [3.63, 3.8) is 0 Å². The van der Waals surface area contributed by atoms with Crippen LogP contribution >= 0.6 is 0 Å². The van der Waals surface area contributed by atoms with Gasteiger partial charge in [-0.15, -0.1) is 0 Å². The molecule has 112 valence electrons. The van der Waals surface area contributed by atoms with Crippen LogP contribution in [0.3, 0.4) is 0 Å². The normalized spacial score (nSPS) is 23.0. The molecule has 1 aliphatic rings. The topological polar surface area (TPSA) is 34.9 Å². The summed E-state index contributed by atoms with van der Waals surface area (Å²) in [6, 6.07) is 0.504. The van der Waals surface area contributed by atoms with E-state index in [2.05, 4.69) is 25.5 Å². The van der Waals surface area contributed by atoms with Gasteiger partial charge in [0, 0.05) is 12.1 Å². The van der Waals surface area contributed by atoms with Gasteiger partial charge >= 0.3 is 0 Å². The van der Waals surface area contributed by atoms with E-state index in [0.29, 0.717) is 12.5 Å². The summed E-state index contributed by atoms with van der Waals surface area (Å²) in [5.74, 6) is 1.10. The van der Waals surface area contributed by atoms with Gasteiger partial charge in [0.15, 0.2) is 5.78 Å². The van der Waals surface area contributed by atoms with E-state index in [1.807, 2.05) is 6.92 Å². The molecule has 0 bridgehead atoms. The number of rotatable bonds is 5. The number of hydrogen-bond acceptors (Lipinski definition) is 2. The highest BCUT2D eigenvalue weighted by atomic mass is 16.1. The van der Waals surface area contributed by atoms with E-state index in [1.54, 1.807) is 0 Å². The van der Waals surface area contributed by atoms with Crippen LogP contribution in [0.1, 0.15) is 87.6 Å². The molecule has 3 heteroatoms. The van der Waals surface area contributed by atoms with Gasteiger partial charge in [0.25, 0.3) is 0 Å². The summed E-state index contributed by atoms with van der Waals surface area (Å²) in [4.78, 5) is 12.3. The molecule has 1 fully saturated rings. The number of carbonyl (C=O) groups excluding carboxylic acids is 1. The van der Waals surface area contributed by atoms with E-state index in [1.165, 1.54) is 31.4 Å². The Hall–Kier alpha value is -1.12. The second-order valence-corrected chi connectivity index (χ2v) is 6.11. The molecule has 1 heterocycles. The lowest BCUT2D eigenvalue weighted by Gasteiger charge is -2.27. The van der Waals surface area contributed by atoms with Gasteiger partial charge < -0.3 is 0 Å². The maximum Gasteiger partial charge on any atom is 0.166 e. The maximum atomic E-state index is 12.3. The fourth-order valence-electron chi connectivity index (χ4n) is 3.40. The van der Waals surface area contributed by atoms with Crippen LogP contribution in [0.4, 0.5) is 0 Å². The van der Waals surface area contributed by atoms with Crippen molar-refractivity contribution in [1.82, 2.24) is 9.78 Å². The van der Waals surface area contributed by atoms with Crippen molar-refractivity contribution in [2.24, 2.45) is 5.92 Å². The summed E-state index contributed by atoms with van der Waals surface area (Å²) >= 11 is 0. The number of hydrogen-bond donors (Lipinski definition) is 0. The first-order chi connectivity index (χ1) is 9.62. The third kappa shape index (κ3) is 2.82. The fourth-order valence-corrected chi connectivity index (χ4v) is 3.40. The van der Waals surface area contributed by atoms with Gasteiger partial charge in [-0.3, -0.25) is 9.48 Å². The second-order valence-electron chi connectivity index (χ2n) is 6.11. The van der Waals surface area contributed by atoms with E-state index in [4.69, 9.17) is 5.10 Å². The van der Waals surface area contributed by atoms with Crippen LogP contribution in [0.2, 0.25) is 0 Å². The van der Waals surface area contributed by atoms with Crippen LogP contribution in [0.15, 0.2) is 0 Å². The highest BCUT2D eigenvalue weighted by Crippen LogP contribution is 2.34. The van der Waals surface area contributed by atoms with Crippen LogP contribution in [0, 0.1) is 5.92 Å². The molecule has 0 unspecified atom stereocenters. The van der Waals surface area contributed by atoms with Crippen molar-refractivity contribution >= 4 is 5.78 Å². The van der Waals surface area contributed by atoms with E-state index in [-0.39, 0.29) is 5.78 Å². The SMILES string of the molecule is CCC(=O)c1c(CC)nn(C2CCC(C)CC2)c1CC. The van der Waals surface area contributed by atoms with Gasteiger partial charge in [0.05, 0.1) is 17.3 Å². The Morgan fingerprint density at radius 2 is 1.80 bits per heavy atom. The molecule has 0 aromatic carbocycles. The predicted molar refractivity (Wildman–Crippen MR) is 82.3 cm³/mol. The number of Topliss-reactive ketones (excluding diaryl/α,β-unsaturated/α-hetero) is 1. The summed E-state index contributed by atoms with van der Waals surface area (Å²) in [6.07, 6.45) is 7.31. The lowest BCUT2D eigenvalue weighted by atomic mass is 9.87. The molecule has 1 aliphatic carbocycles. The lowest BCUT2D eigenvalue weighted by molar-refractivity contribution is 0.0986. The zero-order valence-corrected chi connectivity index (χ0v) is 13.4. The number of carbonyl (C=O) groups is 1. The average Bonchev–Trinajstić information content (AvgIpc) is 2.85. The molecule has 1 aromatic heterocycles. The Bertz CT molecular complexity index is 468. The molecule has 3 nitrogen and oxygen atoms in total. The van der Waals surface area contributed by atoms with Crippen molar-refractivity contribution in [1.29, 1.82) is 0 Å². The largest absolute Gasteiger partial charge is 0.294 e. The van der Waals surface area contributed by atoms with Gasteiger partial charge in [-0.1, -0.05) is 27.7 Å². The Morgan fingerprint density at radius 1 is 1.15 bits per heavy atom. The number of ketones is 1. The van der Waals surface area contributed by atoms with Crippen LogP contribution in [0.25, 0.3) is 0 Å². The Balaban J connectivity index is 2.38. The zero-order chi connectivity index (χ0) is 14.7. The number of aromatic nitrogens is 2. The van der Waals surface area contributed by atoms with Crippen LogP contribution in [-0.4, -0.2) is 15.6 Å². The Kier molecular flexibility index (Phi) is 5.00. The van der Waals surface area contributed by atoms with Crippen molar-refractivity contribution in [3.05, 3.63) is 17.0 Å². The maximum absolute atomic E-state index is 12.3. The Labute approximate surface area is 122 Å².